The largest absolute Gasteiger partial charge is 0.379 e. The molecule has 0 aliphatic heterocycles. The van der Waals surface area contributed by atoms with Crippen LogP contribution in [0.1, 0.15) is 18.2 Å². The van der Waals surface area contributed by atoms with Gasteiger partial charge in [0.2, 0.25) is 0 Å². The molecule has 2 heteroatoms. The Morgan fingerprint density at radius 2 is 1.79 bits per heavy atom. The zero-order valence-electron chi connectivity index (χ0n) is 8.07. The predicted octanol–water partition coefficient (Wildman–Crippen LogP) is 2.27. The lowest BCUT2D eigenvalue weighted by Gasteiger charge is -2.22. The number of aromatic nitrogens is 1. The van der Waals surface area contributed by atoms with Crippen LogP contribution in [-0.2, 0) is 5.60 Å². The van der Waals surface area contributed by atoms with E-state index in [9.17, 15) is 5.11 Å². The first kappa shape index (κ1) is 9.03. The van der Waals surface area contributed by atoms with Gasteiger partial charge in [0.1, 0.15) is 5.60 Å². The van der Waals surface area contributed by atoms with Crippen LogP contribution in [0.2, 0.25) is 0 Å². The number of hydrogen-bond acceptors (Lipinski definition) is 1. The lowest BCUT2D eigenvalue weighted by molar-refractivity contribution is 0.0980. The Balaban J connectivity index is 2.43. The molecule has 2 nitrogen and oxygen atoms in total. The van der Waals surface area contributed by atoms with E-state index in [4.69, 9.17) is 0 Å². The first-order valence-corrected chi connectivity index (χ1v) is 4.63. The van der Waals surface area contributed by atoms with Gasteiger partial charge < -0.3 is 10.1 Å². The van der Waals surface area contributed by atoms with Gasteiger partial charge in [-0.3, -0.25) is 0 Å². The fraction of sp³-hybridized carbons (Fsp3) is 0.167. The molecule has 0 saturated heterocycles. The summed E-state index contributed by atoms with van der Waals surface area (Å²) in [6.07, 6.45) is 1.81. The maximum absolute atomic E-state index is 10.3. The van der Waals surface area contributed by atoms with E-state index in [-0.39, 0.29) is 0 Å². The molecule has 0 spiro atoms. The van der Waals surface area contributed by atoms with Crippen molar-refractivity contribution in [3.8, 4) is 0 Å². The minimum atomic E-state index is -0.940. The zero-order valence-corrected chi connectivity index (χ0v) is 8.07. The Morgan fingerprint density at radius 3 is 2.36 bits per heavy atom. The third kappa shape index (κ3) is 1.44. The van der Waals surface area contributed by atoms with Crippen LogP contribution < -0.4 is 0 Å². The molecule has 1 aromatic heterocycles. The van der Waals surface area contributed by atoms with Gasteiger partial charge in [-0.2, -0.15) is 0 Å². The molecular formula is C12H13NO. The van der Waals surface area contributed by atoms with Gasteiger partial charge in [-0.15, -0.1) is 0 Å². The highest BCUT2D eigenvalue weighted by molar-refractivity contribution is 5.30. The van der Waals surface area contributed by atoms with E-state index >= 15 is 0 Å². The molecule has 14 heavy (non-hydrogen) atoms. The summed E-state index contributed by atoms with van der Waals surface area (Å²) in [4.78, 5) is 3.03. The van der Waals surface area contributed by atoms with Crippen molar-refractivity contribution in [2.45, 2.75) is 12.5 Å². The van der Waals surface area contributed by atoms with Gasteiger partial charge in [0.15, 0.2) is 0 Å². The highest BCUT2D eigenvalue weighted by atomic mass is 16.3. The fourth-order valence-electron chi connectivity index (χ4n) is 1.55. The number of rotatable bonds is 2. The second kappa shape index (κ2) is 3.31. The van der Waals surface area contributed by atoms with Crippen LogP contribution in [0.4, 0.5) is 0 Å². The van der Waals surface area contributed by atoms with E-state index in [0.717, 1.165) is 11.3 Å². The molecule has 0 aliphatic carbocycles. The van der Waals surface area contributed by atoms with Crippen molar-refractivity contribution in [1.82, 2.24) is 4.98 Å². The number of benzene rings is 1. The minimum Gasteiger partial charge on any atom is -0.379 e. The molecule has 2 rings (SSSR count). The molecule has 0 fully saturated rings. The Hall–Kier alpha value is -1.54. The third-order valence-electron chi connectivity index (χ3n) is 2.46. The van der Waals surface area contributed by atoms with E-state index in [0.29, 0.717) is 0 Å². The lowest BCUT2D eigenvalue weighted by atomic mass is 9.93. The second-order valence-corrected chi connectivity index (χ2v) is 3.52. The summed E-state index contributed by atoms with van der Waals surface area (Å²) in [7, 11) is 0. The van der Waals surface area contributed by atoms with Gasteiger partial charge >= 0.3 is 0 Å². The third-order valence-corrected chi connectivity index (χ3v) is 2.46. The SMILES string of the molecule is CC(O)(c1ccccc1)c1ccc[nH]1. The average Bonchev–Trinajstić information content (AvgIpc) is 2.72. The quantitative estimate of drug-likeness (QED) is 0.743. The molecule has 0 aliphatic rings. The zero-order chi connectivity index (χ0) is 10.0. The average molecular weight is 187 g/mol. The molecule has 1 aromatic carbocycles. The summed E-state index contributed by atoms with van der Waals surface area (Å²) in [5, 5.41) is 10.3. The number of H-pyrrole nitrogens is 1. The fourth-order valence-corrected chi connectivity index (χ4v) is 1.55. The van der Waals surface area contributed by atoms with Crippen LogP contribution in [0.3, 0.4) is 0 Å². The Kier molecular flexibility index (Phi) is 2.14. The lowest BCUT2D eigenvalue weighted by Crippen LogP contribution is -2.22. The van der Waals surface area contributed by atoms with Crippen molar-refractivity contribution in [1.29, 1.82) is 0 Å². The van der Waals surface area contributed by atoms with Crippen molar-refractivity contribution in [3.05, 3.63) is 59.9 Å². The number of aromatic amines is 1. The van der Waals surface area contributed by atoms with E-state index in [1.165, 1.54) is 0 Å². The Labute approximate surface area is 83.2 Å². The van der Waals surface area contributed by atoms with Gasteiger partial charge in [-0.05, 0) is 24.6 Å². The molecule has 72 valence electrons. The molecule has 0 saturated carbocycles. The molecule has 2 aromatic rings. The first-order valence-electron chi connectivity index (χ1n) is 4.63. The van der Waals surface area contributed by atoms with Gasteiger partial charge in [-0.25, -0.2) is 0 Å². The van der Waals surface area contributed by atoms with Crippen molar-refractivity contribution >= 4 is 0 Å². The van der Waals surface area contributed by atoms with Gasteiger partial charge in [0.25, 0.3) is 0 Å². The number of nitrogens with one attached hydrogen (secondary N) is 1. The van der Waals surface area contributed by atoms with Crippen LogP contribution >= 0.6 is 0 Å². The standard InChI is InChI=1S/C12H13NO/c1-12(14,11-8-5-9-13-11)10-6-3-2-4-7-10/h2-9,13-14H,1H3. The normalized spacial score (nSPS) is 15.0. The van der Waals surface area contributed by atoms with Gasteiger partial charge in [-0.1, -0.05) is 30.3 Å². The molecule has 1 unspecified atom stereocenters. The summed E-state index contributed by atoms with van der Waals surface area (Å²) in [6, 6.07) is 13.4. The van der Waals surface area contributed by atoms with Crippen LogP contribution in [0, 0.1) is 0 Å². The number of hydrogen-bond donors (Lipinski definition) is 2. The van der Waals surface area contributed by atoms with Crippen molar-refractivity contribution < 1.29 is 5.11 Å². The summed E-state index contributed by atoms with van der Waals surface area (Å²) < 4.78 is 0. The van der Waals surface area contributed by atoms with Crippen LogP contribution in [0.15, 0.2) is 48.7 Å². The summed E-state index contributed by atoms with van der Waals surface area (Å²) in [6.45, 7) is 1.79. The van der Waals surface area contributed by atoms with Gasteiger partial charge in [0.05, 0.1) is 5.69 Å². The van der Waals surface area contributed by atoms with Crippen molar-refractivity contribution in [2.24, 2.45) is 0 Å². The van der Waals surface area contributed by atoms with Crippen molar-refractivity contribution in [3.63, 3.8) is 0 Å². The van der Waals surface area contributed by atoms with Crippen LogP contribution in [0.5, 0.6) is 0 Å². The van der Waals surface area contributed by atoms with Crippen LogP contribution in [-0.4, -0.2) is 10.1 Å². The van der Waals surface area contributed by atoms with Crippen LogP contribution in [0.25, 0.3) is 0 Å². The highest BCUT2D eigenvalue weighted by Gasteiger charge is 2.25. The summed E-state index contributed by atoms with van der Waals surface area (Å²) in [5.41, 5.74) is 0.760. The molecular weight excluding hydrogens is 174 g/mol. The maximum atomic E-state index is 10.3. The Bertz CT molecular complexity index is 390. The molecule has 1 atom stereocenters. The summed E-state index contributed by atoms with van der Waals surface area (Å²) >= 11 is 0. The van der Waals surface area contributed by atoms with E-state index in [1.54, 1.807) is 6.92 Å². The van der Waals surface area contributed by atoms with E-state index in [1.807, 2.05) is 48.7 Å². The summed E-state index contributed by atoms with van der Waals surface area (Å²) in [5.74, 6) is 0. The van der Waals surface area contributed by atoms with Crippen molar-refractivity contribution in [2.75, 3.05) is 0 Å². The highest BCUT2D eigenvalue weighted by Crippen LogP contribution is 2.26. The molecule has 0 bridgehead atoms. The predicted molar refractivity (Wildman–Crippen MR) is 55.9 cm³/mol. The smallest absolute Gasteiger partial charge is 0.126 e. The minimum absolute atomic E-state index is 0.809. The molecule has 2 N–H and O–H groups in total. The molecule has 0 radical (unpaired) electrons. The molecule has 0 amide bonds. The topological polar surface area (TPSA) is 36.0 Å². The maximum Gasteiger partial charge on any atom is 0.126 e. The molecule has 1 heterocycles. The van der Waals surface area contributed by atoms with E-state index in [2.05, 4.69) is 4.98 Å². The Morgan fingerprint density at radius 1 is 1.07 bits per heavy atom. The first-order chi connectivity index (χ1) is 6.71. The van der Waals surface area contributed by atoms with Gasteiger partial charge in [0, 0.05) is 6.20 Å². The second-order valence-electron chi connectivity index (χ2n) is 3.52. The number of aliphatic hydroxyl groups is 1. The monoisotopic (exact) mass is 187 g/mol. The van der Waals surface area contributed by atoms with E-state index < -0.39 is 5.60 Å².